The molecule has 1 aromatic heterocycles. The first kappa shape index (κ1) is 21.2. The molecule has 9 heteroatoms. The molecule has 0 unspecified atom stereocenters. The molecule has 1 amide bonds. The van der Waals surface area contributed by atoms with Crippen molar-refractivity contribution in [3.8, 4) is 11.4 Å². The lowest BCUT2D eigenvalue weighted by Gasteiger charge is -2.31. The van der Waals surface area contributed by atoms with Gasteiger partial charge in [0.1, 0.15) is 17.1 Å². The van der Waals surface area contributed by atoms with Gasteiger partial charge in [-0.15, -0.1) is 0 Å². The SMILES string of the molecule is O=C[C@@]1(NC(=O)c2cc(=O)[nH]c(-c3ccccc3)n2)C=CCc2cc(C(F)(F)F)ccc21. The van der Waals surface area contributed by atoms with Crippen LogP contribution in [0.25, 0.3) is 11.4 Å². The van der Waals surface area contributed by atoms with Gasteiger partial charge < -0.3 is 10.3 Å². The summed E-state index contributed by atoms with van der Waals surface area (Å²) in [5.74, 6) is -0.657. The Bertz CT molecular complexity index is 1280. The van der Waals surface area contributed by atoms with E-state index in [1.165, 1.54) is 18.2 Å². The van der Waals surface area contributed by atoms with Gasteiger partial charge in [-0.05, 0) is 29.7 Å². The third-order valence-electron chi connectivity index (χ3n) is 5.12. The predicted octanol–water partition coefficient (Wildman–Crippen LogP) is 3.39. The molecule has 1 heterocycles. The highest BCUT2D eigenvalue weighted by molar-refractivity contribution is 5.96. The van der Waals surface area contributed by atoms with Crippen molar-refractivity contribution in [2.45, 2.75) is 18.1 Å². The number of alkyl halides is 3. The number of aromatic amines is 1. The van der Waals surface area contributed by atoms with E-state index in [2.05, 4.69) is 15.3 Å². The van der Waals surface area contributed by atoms with E-state index >= 15 is 0 Å². The van der Waals surface area contributed by atoms with E-state index in [1.54, 1.807) is 30.3 Å². The number of fused-ring (bicyclic) bond motifs is 1. The lowest BCUT2D eigenvalue weighted by atomic mass is 9.81. The molecule has 3 aromatic rings. The quantitative estimate of drug-likeness (QED) is 0.482. The summed E-state index contributed by atoms with van der Waals surface area (Å²) in [6, 6.07) is 12.6. The number of hydrogen-bond acceptors (Lipinski definition) is 4. The zero-order chi connectivity index (χ0) is 22.9. The Hall–Kier alpha value is -4.01. The summed E-state index contributed by atoms with van der Waals surface area (Å²) in [6.45, 7) is 0. The molecule has 0 aliphatic heterocycles. The van der Waals surface area contributed by atoms with Gasteiger partial charge in [0, 0.05) is 11.6 Å². The van der Waals surface area contributed by atoms with Gasteiger partial charge >= 0.3 is 6.18 Å². The topological polar surface area (TPSA) is 91.9 Å². The monoisotopic (exact) mass is 439 g/mol. The summed E-state index contributed by atoms with van der Waals surface area (Å²) in [6.07, 6.45) is -0.993. The second-order valence-electron chi connectivity index (χ2n) is 7.26. The lowest BCUT2D eigenvalue weighted by Crippen LogP contribution is -2.48. The van der Waals surface area contributed by atoms with Crippen LogP contribution >= 0.6 is 0 Å². The number of aldehydes is 1. The molecule has 1 aliphatic carbocycles. The molecule has 0 fully saturated rings. The molecular weight excluding hydrogens is 423 g/mol. The molecule has 0 saturated heterocycles. The number of carbonyl (C=O) groups is 2. The van der Waals surface area contributed by atoms with E-state index in [4.69, 9.17) is 0 Å². The summed E-state index contributed by atoms with van der Waals surface area (Å²) in [5, 5.41) is 2.53. The Morgan fingerprint density at radius 3 is 2.56 bits per heavy atom. The molecule has 32 heavy (non-hydrogen) atoms. The maximum Gasteiger partial charge on any atom is 0.416 e. The number of benzene rings is 2. The number of nitrogens with zero attached hydrogens (tertiary/aromatic N) is 1. The first-order chi connectivity index (χ1) is 15.2. The van der Waals surface area contributed by atoms with Crippen molar-refractivity contribution in [2.75, 3.05) is 0 Å². The van der Waals surface area contributed by atoms with E-state index in [1.807, 2.05) is 0 Å². The smallest absolute Gasteiger partial charge is 0.331 e. The van der Waals surface area contributed by atoms with Crippen LogP contribution in [0.15, 0.2) is 71.5 Å². The van der Waals surface area contributed by atoms with Gasteiger partial charge in [0.25, 0.3) is 11.5 Å². The van der Waals surface area contributed by atoms with Crippen molar-refractivity contribution in [1.82, 2.24) is 15.3 Å². The van der Waals surface area contributed by atoms with Crippen molar-refractivity contribution < 1.29 is 22.8 Å². The highest BCUT2D eigenvalue weighted by Gasteiger charge is 2.38. The number of nitrogens with one attached hydrogen (secondary N) is 2. The van der Waals surface area contributed by atoms with Crippen molar-refractivity contribution >= 4 is 12.2 Å². The largest absolute Gasteiger partial charge is 0.416 e. The van der Waals surface area contributed by atoms with E-state index < -0.39 is 28.7 Å². The minimum Gasteiger partial charge on any atom is -0.331 e. The van der Waals surface area contributed by atoms with Crippen LogP contribution < -0.4 is 10.9 Å². The highest BCUT2D eigenvalue weighted by Crippen LogP contribution is 2.35. The second-order valence-corrected chi connectivity index (χ2v) is 7.26. The number of carbonyl (C=O) groups excluding carboxylic acids is 2. The van der Waals surface area contributed by atoms with E-state index in [0.29, 0.717) is 11.8 Å². The molecule has 4 rings (SSSR count). The highest BCUT2D eigenvalue weighted by atomic mass is 19.4. The minimum absolute atomic E-state index is 0.165. The maximum atomic E-state index is 13.1. The molecule has 2 N–H and O–H groups in total. The number of amides is 1. The van der Waals surface area contributed by atoms with Crippen LogP contribution in [0, 0.1) is 0 Å². The summed E-state index contributed by atoms with van der Waals surface area (Å²) in [4.78, 5) is 43.8. The van der Waals surface area contributed by atoms with E-state index in [-0.39, 0.29) is 29.1 Å². The molecule has 0 radical (unpaired) electrons. The minimum atomic E-state index is -4.54. The number of rotatable bonds is 4. The third kappa shape index (κ3) is 3.96. The molecule has 1 atom stereocenters. The van der Waals surface area contributed by atoms with Gasteiger partial charge in [0.15, 0.2) is 6.29 Å². The number of aromatic nitrogens is 2. The van der Waals surface area contributed by atoms with Gasteiger partial charge in [0.2, 0.25) is 0 Å². The molecular formula is C23H16F3N3O3. The number of H-pyrrole nitrogens is 1. The standard InChI is InChI=1S/C23H16F3N3O3/c24-23(25,26)16-8-9-17-15(11-16)7-4-10-22(17,13-30)29-21(32)18-12-19(31)28-20(27-18)14-5-2-1-3-6-14/h1-6,8-13H,7H2,(H,29,32)(H,27,28,31)/t22-/m0/s1. The van der Waals surface area contributed by atoms with Crippen LogP contribution in [0.1, 0.15) is 27.2 Å². The first-order valence-electron chi connectivity index (χ1n) is 9.56. The van der Waals surface area contributed by atoms with E-state index in [9.17, 15) is 27.6 Å². The third-order valence-corrected chi connectivity index (χ3v) is 5.12. The predicted molar refractivity (Wildman–Crippen MR) is 110 cm³/mol. The molecule has 2 aromatic carbocycles. The fourth-order valence-electron chi connectivity index (χ4n) is 3.60. The molecule has 0 spiro atoms. The first-order valence-corrected chi connectivity index (χ1v) is 9.56. The fraction of sp³-hybridized carbons (Fsp3) is 0.130. The average molecular weight is 439 g/mol. The van der Waals surface area contributed by atoms with Crippen molar-refractivity contribution in [1.29, 1.82) is 0 Å². The van der Waals surface area contributed by atoms with Crippen LogP contribution in [0.4, 0.5) is 13.2 Å². The Labute approximate surface area is 179 Å². The van der Waals surface area contributed by atoms with Crippen LogP contribution in [0.3, 0.4) is 0 Å². The molecule has 162 valence electrons. The zero-order valence-electron chi connectivity index (χ0n) is 16.4. The fourth-order valence-corrected chi connectivity index (χ4v) is 3.60. The Kier molecular flexibility index (Phi) is 5.25. The molecule has 0 saturated carbocycles. The number of hydrogen-bond donors (Lipinski definition) is 2. The number of allylic oxidation sites excluding steroid dienone is 1. The van der Waals surface area contributed by atoms with Gasteiger partial charge in [-0.2, -0.15) is 13.2 Å². The van der Waals surface area contributed by atoms with Gasteiger partial charge in [-0.3, -0.25) is 14.4 Å². The molecule has 0 bridgehead atoms. The molecule has 6 nitrogen and oxygen atoms in total. The van der Waals surface area contributed by atoms with Crippen LogP contribution in [-0.4, -0.2) is 22.2 Å². The second kappa shape index (κ2) is 7.92. The van der Waals surface area contributed by atoms with Crippen LogP contribution in [-0.2, 0) is 22.9 Å². The maximum absolute atomic E-state index is 13.1. The Balaban J connectivity index is 1.71. The Morgan fingerprint density at radius 1 is 1.12 bits per heavy atom. The average Bonchev–Trinajstić information content (AvgIpc) is 2.78. The van der Waals surface area contributed by atoms with Crippen molar-refractivity contribution in [3.05, 3.63) is 99.5 Å². The summed E-state index contributed by atoms with van der Waals surface area (Å²) >= 11 is 0. The van der Waals surface area contributed by atoms with Gasteiger partial charge in [-0.25, -0.2) is 4.98 Å². The number of halogens is 3. The summed E-state index contributed by atoms with van der Waals surface area (Å²) in [7, 11) is 0. The van der Waals surface area contributed by atoms with Gasteiger partial charge in [-0.1, -0.05) is 48.6 Å². The summed E-state index contributed by atoms with van der Waals surface area (Å²) in [5.41, 5.74) is -2.28. The zero-order valence-corrected chi connectivity index (χ0v) is 16.4. The Morgan fingerprint density at radius 2 is 1.88 bits per heavy atom. The van der Waals surface area contributed by atoms with E-state index in [0.717, 1.165) is 18.2 Å². The summed E-state index contributed by atoms with van der Waals surface area (Å²) < 4.78 is 39.2. The lowest BCUT2D eigenvalue weighted by molar-refractivity contribution is -0.137. The molecule has 1 aliphatic rings. The van der Waals surface area contributed by atoms with Crippen molar-refractivity contribution in [3.63, 3.8) is 0 Å². The normalized spacial score (nSPS) is 17.5. The van der Waals surface area contributed by atoms with Crippen LogP contribution in [0.5, 0.6) is 0 Å². The van der Waals surface area contributed by atoms with Crippen molar-refractivity contribution in [2.24, 2.45) is 0 Å². The van der Waals surface area contributed by atoms with Crippen LogP contribution in [0.2, 0.25) is 0 Å². The van der Waals surface area contributed by atoms with Gasteiger partial charge in [0.05, 0.1) is 5.56 Å².